The maximum atomic E-state index is 12.7. The molecule has 1 aromatic carbocycles. The molecule has 2 aliphatic rings. The molecular weight excluding hydrogens is 446 g/mol. The standard InChI is InChI=1S/C23H31N3O4S2/c27-21(24-18-23(10-2-1-3-11-23)26-12-14-30-15-13-26)17-19-6-8-20(9-7-19)25-32(28,29)22-5-4-16-31-22/h4-9,16,25H,1-3,10-15,17-18H2,(H,24,27). The third-order valence-corrected chi connectivity index (χ3v) is 9.19. The number of rotatable bonds is 8. The Labute approximate surface area is 194 Å². The lowest BCUT2D eigenvalue weighted by atomic mass is 9.79. The molecule has 0 atom stereocenters. The molecule has 32 heavy (non-hydrogen) atoms. The van der Waals surface area contributed by atoms with Crippen molar-refractivity contribution in [3.05, 3.63) is 47.3 Å². The van der Waals surface area contributed by atoms with E-state index in [4.69, 9.17) is 4.74 Å². The molecule has 1 amide bonds. The second kappa shape index (κ2) is 10.3. The van der Waals surface area contributed by atoms with E-state index >= 15 is 0 Å². The number of sulfonamides is 1. The number of benzene rings is 1. The van der Waals surface area contributed by atoms with E-state index in [1.807, 2.05) is 0 Å². The Kier molecular flexibility index (Phi) is 7.50. The van der Waals surface area contributed by atoms with E-state index in [1.165, 1.54) is 30.6 Å². The Morgan fingerprint density at radius 3 is 2.44 bits per heavy atom. The van der Waals surface area contributed by atoms with Crippen molar-refractivity contribution < 1.29 is 17.9 Å². The first-order valence-corrected chi connectivity index (χ1v) is 13.6. The van der Waals surface area contributed by atoms with Gasteiger partial charge in [0.2, 0.25) is 5.91 Å². The fraction of sp³-hybridized carbons (Fsp3) is 0.522. The molecule has 2 aromatic rings. The van der Waals surface area contributed by atoms with Gasteiger partial charge in [0.25, 0.3) is 10.0 Å². The molecule has 4 rings (SSSR count). The van der Waals surface area contributed by atoms with Crippen molar-refractivity contribution in [1.29, 1.82) is 0 Å². The Morgan fingerprint density at radius 1 is 1.06 bits per heavy atom. The first kappa shape index (κ1) is 23.2. The SMILES string of the molecule is O=C(Cc1ccc(NS(=O)(=O)c2cccs2)cc1)NCC1(N2CCOCC2)CCCCC1. The van der Waals surface area contributed by atoms with Crippen molar-refractivity contribution >= 4 is 33.0 Å². The van der Waals surface area contributed by atoms with Crippen molar-refractivity contribution in [3.8, 4) is 0 Å². The molecule has 0 spiro atoms. The normalized spacial score (nSPS) is 19.4. The number of morpholine rings is 1. The summed E-state index contributed by atoms with van der Waals surface area (Å²) in [5.41, 5.74) is 1.38. The molecule has 1 aliphatic carbocycles. The molecule has 1 aromatic heterocycles. The number of nitrogens with zero attached hydrogens (tertiary/aromatic N) is 1. The number of thiophene rings is 1. The zero-order chi connectivity index (χ0) is 22.4. The average Bonchev–Trinajstić information content (AvgIpc) is 3.36. The maximum Gasteiger partial charge on any atom is 0.271 e. The second-order valence-electron chi connectivity index (χ2n) is 8.57. The van der Waals surface area contributed by atoms with Crippen LogP contribution in [0.3, 0.4) is 0 Å². The molecule has 7 nitrogen and oxygen atoms in total. The predicted octanol–water partition coefficient (Wildman–Crippen LogP) is 3.24. The maximum absolute atomic E-state index is 12.7. The predicted molar refractivity (Wildman–Crippen MR) is 126 cm³/mol. The minimum atomic E-state index is -3.57. The van der Waals surface area contributed by atoms with Crippen LogP contribution in [0, 0.1) is 0 Å². The highest BCUT2D eigenvalue weighted by atomic mass is 32.2. The van der Waals surface area contributed by atoms with Crippen LogP contribution in [0.2, 0.25) is 0 Å². The Hall–Kier alpha value is -1.94. The van der Waals surface area contributed by atoms with Crippen molar-refractivity contribution in [2.45, 2.75) is 48.3 Å². The summed E-state index contributed by atoms with van der Waals surface area (Å²) in [6.07, 6.45) is 6.19. The first-order valence-electron chi connectivity index (χ1n) is 11.2. The highest BCUT2D eigenvalue weighted by Gasteiger charge is 2.38. The summed E-state index contributed by atoms with van der Waals surface area (Å²) in [7, 11) is -3.57. The summed E-state index contributed by atoms with van der Waals surface area (Å²) in [6, 6.07) is 10.3. The molecule has 1 saturated carbocycles. The summed E-state index contributed by atoms with van der Waals surface area (Å²) in [4.78, 5) is 15.2. The van der Waals surface area contributed by atoms with Crippen molar-refractivity contribution in [2.24, 2.45) is 0 Å². The number of carbonyl (C=O) groups excluding carboxylic acids is 1. The summed E-state index contributed by atoms with van der Waals surface area (Å²) in [5.74, 6) is -0.00451. The molecule has 1 aliphatic heterocycles. The van der Waals surface area contributed by atoms with Crippen LogP contribution in [-0.2, 0) is 26.0 Å². The topological polar surface area (TPSA) is 87.7 Å². The summed E-state index contributed by atoms with van der Waals surface area (Å²) >= 11 is 1.17. The van der Waals surface area contributed by atoms with Gasteiger partial charge in [-0.3, -0.25) is 14.4 Å². The van der Waals surface area contributed by atoms with Crippen LogP contribution in [0.5, 0.6) is 0 Å². The highest BCUT2D eigenvalue weighted by Crippen LogP contribution is 2.34. The molecule has 0 radical (unpaired) electrons. The van der Waals surface area contributed by atoms with Gasteiger partial charge in [0.05, 0.1) is 19.6 Å². The lowest BCUT2D eigenvalue weighted by Crippen LogP contribution is -2.59. The molecule has 1 saturated heterocycles. The fourth-order valence-electron chi connectivity index (χ4n) is 4.68. The summed E-state index contributed by atoms with van der Waals surface area (Å²) in [6.45, 7) is 4.05. The minimum Gasteiger partial charge on any atom is -0.379 e. The summed E-state index contributed by atoms with van der Waals surface area (Å²) < 4.78 is 33.1. The number of nitrogens with one attached hydrogen (secondary N) is 2. The second-order valence-corrected chi connectivity index (χ2v) is 11.4. The van der Waals surface area contributed by atoms with Crippen LogP contribution in [0.15, 0.2) is 46.0 Å². The first-order chi connectivity index (χ1) is 15.5. The van der Waals surface area contributed by atoms with Gasteiger partial charge in [0, 0.05) is 30.9 Å². The summed E-state index contributed by atoms with van der Waals surface area (Å²) in [5, 5.41) is 4.91. The fourth-order valence-corrected chi connectivity index (χ4v) is 6.73. The van der Waals surface area contributed by atoms with Crippen LogP contribution < -0.4 is 10.0 Å². The average molecular weight is 478 g/mol. The van der Waals surface area contributed by atoms with E-state index in [2.05, 4.69) is 14.9 Å². The number of hydrogen-bond donors (Lipinski definition) is 2. The molecule has 2 N–H and O–H groups in total. The van der Waals surface area contributed by atoms with Gasteiger partial charge in [-0.1, -0.05) is 37.5 Å². The van der Waals surface area contributed by atoms with Gasteiger partial charge in [-0.25, -0.2) is 8.42 Å². The molecular formula is C23H31N3O4S2. The third-order valence-electron chi connectivity index (χ3n) is 6.41. The zero-order valence-corrected chi connectivity index (χ0v) is 19.8. The Balaban J connectivity index is 1.32. The van der Waals surface area contributed by atoms with E-state index < -0.39 is 10.0 Å². The third kappa shape index (κ3) is 5.70. The molecule has 9 heteroatoms. The zero-order valence-electron chi connectivity index (χ0n) is 18.2. The lowest BCUT2D eigenvalue weighted by molar-refractivity contribution is -0.121. The van der Waals surface area contributed by atoms with Crippen molar-refractivity contribution in [3.63, 3.8) is 0 Å². The molecule has 2 fully saturated rings. The van der Waals surface area contributed by atoms with E-state index in [9.17, 15) is 13.2 Å². The van der Waals surface area contributed by atoms with Crippen LogP contribution in [0.4, 0.5) is 5.69 Å². The lowest BCUT2D eigenvalue weighted by Gasteiger charge is -2.48. The molecule has 2 heterocycles. The number of carbonyl (C=O) groups is 1. The van der Waals surface area contributed by atoms with E-state index in [1.54, 1.807) is 41.8 Å². The molecule has 0 bridgehead atoms. The smallest absolute Gasteiger partial charge is 0.271 e. The molecule has 0 unspecified atom stereocenters. The van der Waals surface area contributed by atoms with E-state index in [0.717, 1.165) is 44.7 Å². The van der Waals surface area contributed by atoms with Gasteiger partial charge in [0.1, 0.15) is 4.21 Å². The van der Waals surface area contributed by atoms with Crippen molar-refractivity contribution in [2.75, 3.05) is 37.6 Å². The van der Waals surface area contributed by atoms with Gasteiger partial charge < -0.3 is 10.1 Å². The van der Waals surface area contributed by atoms with Crippen LogP contribution >= 0.6 is 11.3 Å². The van der Waals surface area contributed by atoms with E-state index in [-0.39, 0.29) is 22.1 Å². The van der Waals surface area contributed by atoms with Gasteiger partial charge in [0.15, 0.2) is 0 Å². The van der Waals surface area contributed by atoms with Gasteiger partial charge >= 0.3 is 0 Å². The number of amides is 1. The highest BCUT2D eigenvalue weighted by molar-refractivity contribution is 7.94. The number of hydrogen-bond acceptors (Lipinski definition) is 6. The monoisotopic (exact) mass is 477 g/mol. The number of ether oxygens (including phenoxy) is 1. The van der Waals surface area contributed by atoms with Gasteiger partial charge in [-0.05, 0) is 42.0 Å². The molecule has 174 valence electrons. The van der Waals surface area contributed by atoms with E-state index in [0.29, 0.717) is 12.2 Å². The largest absolute Gasteiger partial charge is 0.379 e. The van der Waals surface area contributed by atoms with Crippen LogP contribution in [0.1, 0.15) is 37.7 Å². The quantitative estimate of drug-likeness (QED) is 0.610. The van der Waals surface area contributed by atoms with Crippen LogP contribution in [0.25, 0.3) is 0 Å². The Morgan fingerprint density at radius 2 is 1.78 bits per heavy atom. The minimum absolute atomic E-state index is 0.00451. The van der Waals surface area contributed by atoms with Crippen molar-refractivity contribution in [1.82, 2.24) is 10.2 Å². The van der Waals surface area contributed by atoms with Gasteiger partial charge in [-0.2, -0.15) is 0 Å². The Bertz CT molecular complexity index is 979. The van der Waals surface area contributed by atoms with Crippen LogP contribution in [-0.4, -0.2) is 57.6 Å². The van der Waals surface area contributed by atoms with Gasteiger partial charge in [-0.15, -0.1) is 11.3 Å². The number of anilines is 1.